The summed E-state index contributed by atoms with van der Waals surface area (Å²) in [7, 11) is 0. The summed E-state index contributed by atoms with van der Waals surface area (Å²) >= 11 is 5.99. The molecule has 0 unspecified atom stereocenters. The van der Waals surface area contributed by atoms with E-state index < -0.39 is 0 Å². The molecule has 0 aromatic heterocycles. The van der Waals surface area contributed by atoms with E-state index >= 15 is 0 Å². The van der Waals surface area contributed by atoms with Crippen molar-refractivity contribution < 1.29 is 9.59 Å². The van der Waals surface area contributed by atoms with Gasteiger partial charge in [0, 0.05) is 11.6 Å². The molecule has 0 atom stereocenters. The van der Waals surface area contributed by atoms with Crippen LogP contribution in [-0.4, -0.2) is 31.4 Å². The Bertz CT molecular complexity index is 601. The highest BCUT2D eigenvalue weighted by atomic mass is 35.5. The second-order valence-electron chi connectivity index (χ2n) is 6.47. The highest BCUT2D eigenvalue weighted by Gasteiger charge is 2.23. The van der Waals surface area contributed by atoms with Crippen LogP contribution in [0.1, 0.15) is 36.0 Å². The molecule has 2 amide bonds. The van der Waals surface area contributed by atoms with Crippen molar-refractivity contribution in [1.82, 2.24) is 10.6 Å². The molecule has 2 fully saturated rings. The van der Waals surface area contributed by atoms with Gasteiger partial charge in [0.05, 0.1) is 17.8 Å². The molecule has 132 valence electrons. The lowest BCUT2D eigenvalue weighted by atomic mass is 10.1. The van der Waals surface area contributed by atoms with Crippen molar-refractivity contribution in [2.45, 2.75) is 25.7 Å². The number of carbonyl (C=O) groups excluding carboxylic acids is 2. The van der Waals surface area contributed by atoms with Crippen LogP contribution in [0.15, 0.2) is 18.2 Å². The second-order valence-corrected chi connectivity index (χ2v) is 6.90. The summed E-state index contributed by atoms with van der Waals surface area (Å²) in [5.41, 5.74) is 0.912. The third kappa shape index (κ3) is 5.96. The van der Waals surface area contributed by atoms with Gasteiger partial charge in [-0.05, 0) is 62.3 Å². The van der Waals surface area contributed by atoms with Crippen LogP contribution in [0.25, 0.3) is 0 Å². The molecule has 2 aliphatic rings. The van der Waals surface area contributed by atoms with Crippen LogP contribution in [-0.2, 0) is 4.79 Å². The van der Waals surface area contributed by atoms with Crippen molar-refractivity contribution in [3.8, 4) is 0 Å². The molecule has 2 saturated carbocycles. The third-order valence-corrected chi connectivity index (χ3v) is 4.40. The Hall–Kier alpha value is -1.30. The van der Waals surface area contributed by atoms with Crippen molar-refractivity contribution in [3.05, 3.63) is 28.8 Å². The minimum Gasteiger partial charge on any atom is -0.352 e. The lowest BCUT2D eigenvalue weighted by Gasteiger charge is -2.12. The van der Waals surface area contributed by atoms with Gasteiger partial charge in [-0.3, -0.25) is 9.59 Å². The number of carbonyl (C=O) groups is 2. The molecule has 2 aliphatic carbocycles. The summed E-state index contributed by atoms with van der Waals surface area (Å²) in [5, 5.41) is 9.31. The Morgan fingerprint density at radius 1 is 1.08 bits per heavy atom. The van der Waals surface area contributed by atoms with Crippen molar-refractivity contribution in [2.24, 2.45) is 11.8 Å². The van der Waals surface area contributed by atoms with Crippen LogP contribution in [0.2, 0.25) is 5.02 Å². The molecule has 0 bridgehead atoms. The molecule has 24 heavy (non-hydrogen) atoms. The fourth-order valence-electron chi connectivity index (χ4n) is 2.37. The molecule has 0 aliphatic heterocycles. The maximum absolute atomic E-state index is 12.3. The van der Waals surface area contributed by atoms with E-state index in [1.807, 2.05) is 0 Å². The maximum Gasteiger partial charge on any atom is 0.253 e. The third-order valence-electron chi connectivity index (χ3n) is 4.16. The van der Waals surface area contributed by atoms with Crippen LogP contribution >= 0.6 is 24.0 Å². The zero-order valence-electron chi connectivity index (χ0n) is 13.4. The predicted octanol–water partition coefficient (Wildman–Crippen LogP) is 2.84. The number of hydrogen-bond donors (Lipinski definition) is 3. The standard InChI is InChI=1S/C17H22ClN3O2.ClH/c18-13-5-6-15(21-16(22)10-19-8-11-1-2-11)14(7-13)17(23)20-9-12-3-4-12;/h5-7,11-12,19H,1-4,8-10H2,(H,20,23)(H,21,22);1H. The average Bonchev–Trinajstić information content (AvgIpc) is 3.41. The fourth-order valence-corrected chi connectivity index (χ4v) is 2.55. The molecule has 0 saturated heterocycles. The van der Waals surface area contributed by atoms with Crippen LogP contribution in [0.4, 0.5) is 5.69 Å². The van der Waals surface area contributed by atoms with Crippen LogP contribution in [0.3, 0.4) is 0 Å². The average molecular weight is 372 g/mol. The van der Waals surface area contributed by atoms with Gasteiger partial charge < -0.3 is 16.0 Å². The summed E-state index contributed by atoms with van der Waals surface area (Å²) in [4.78, 5) is 24.3. The van der Waals surface area contributed by atoms with E-state index in [-0.39, 0.29) is 30.8 Å². The number of amides is 2. The molecule has 5 nitrogen and oxygen atoms in total. The summed E-state index contributed by atoms with van der Waals surface area (Å²) in [6.45, 7) is 1.81. The van der Waals surface area contributed by atoms with Gasteiger partial charge in [-0.15, -0.1) is 12.4 Å². The topological polar surface area (TPSA) is 70.2 Å². The molecule has 0 heterocycles. The first-order valence-corrected chi connectivity index (χ1v) is 8.58. The van der Waals surface area contributed by atoms with Crippen LogP contribution in [0.5, 0.6) is 0 Å². The van der Waals surface area contributed by atoms with Gasteiger partial charge >= 0.3 is 0 Å². The summed E-state index contributed by atoms with van der Waals surface area (Å²) in [6, 6.07) is 4.94. The molecule has 1 aromatic rings. The zero-order chi connectivity index (χ0) is 16.2. The normalized spacial score (nSPS) is 16.2. The zero-order valence-corrected chi connectivity index (χ0v) is 15.0. The van der Waals surface area contributed by atoms with Gasteiger partial charge in [-0.25, -0.2) is 0 Å². The van der Waals surface area contributed by atoms with Gasteiger partial charge in [-0.2, -0.15) is 0 Å². The summed E-state index contributed by atoms with van der Waals surface area (Å²) < 4.78 is 0. The first-order chi connectivity index (χ1) is 11.1. The molecule has 0 radical (unpaired) electrons. The highest BCUT2D eigenvalue weighted by molar-refractivity contribution is 6.31. The van der Waals surface area contributed by atoms with E-state index in [9.17, 15) is 9.59 Å². The Balaban J connectivity index is 0.00000208. The predicted molar refractivity (Wildman–Crippen MR) is 98.0 cm³/mol. The number of nitrogens with one attached hydrogen (secondary N) is 3. The van der Waals surface area contributed by atoms with Gasteiger partial charge in [0.1, 0.15) is 0 Å². The molecular formula is C17H23Cl2N3O2. The number of benzene rings is 1. The molecule has 1 aromatic carbocycles. The molecule has 0 spiro atoms. The van der Waals surface area contributed by atoms with E-state index in [2.05, 4.69) is 16.0 Å². The van der Waals surface area contributed by atoms with E-state index in [1.165, 1.54) is 25.7 Å². The van der Waals surface area contributed by atoms with E-state index in [0.29, 0.717) is 28.7 Å². The Labute approximate surface area is 153 Å². The first-order valence-electron chi connectivity index (χ1n) is 8.20. The van der Waals surface area contributed by atoms with E-state index in [0.717, 1.165) is 12.5 Å². The highest BCUT2D eigenvalue weighted by Crippen LogP contribution is 2.28. The largest absolute Gasteiger partial charge is 0.352 e. The van der Waals surface area contributed by atoms with Crippen molar-refractivity contribution in [1.29, 1.82) is 0 Å². The van der Waals surface area contributed by atoms with Crippen molar-refractivity contribution >= 4 is 41.5 Å². The summed E-state index contributed by atoms with van der Waals surface area (Å²) in [6.07, 6.45) is 4.84. The van der Waals surface area contributed by atoms with Crippen molar-refractivity contribution in [3.63, 3.8) is 0 Å². The summed E-state index contributed by atoms with van der Waals surface area (Å²) in [5.74, 6) is 0.981. The molecular weight excluding hydrogens is 349 g/mol. The van der Waals surface area contributed by atoms with Crippen LogP contribution < -0.4 is 16.0 Å². The number of halogens is 2. The van der Waals surface area contributed by atoms with Gasteiger partial charge in [0.2, 0.25) is 5.91 Å². The SMILES string of the molecule is Cl.O=C(CNCC1CC1)Nc1ccc(Cl)cc1C(=O)NCC1CC1. The Morgan fingerprint density at radius 3 is 2.42 bits per heavy atom. The lowest BCUT2D eigenvalue weighted by Crippen LogP contribution is -2.31. The van der Waals surface area contributed by atoms with Crippen LogP contribution in [0, 0.1) is 11.8 Å². The monoisotopic (exact) mass is 371 g/mol. The van der Waals surface area contributed by atoms with Gasteiger partial charge in [-0.1, -0.05) is 11.6 Å². The van der Waals surface area contributed by atoms with Gasteiger partial charge in [0.25, 0.3) is 5.91 Å². The quantitative estimate of drug-likeness (QED) is 0.657. The minimum absolute atomic E-state index is 0. The first kappa shape index (κ1) is 19.0. The Morgan fingerprint density at radius 2 is 1.75 bits per heavy atom. The van der Waals surface area contributed by atoms with Crippen molar-refractivity contribution in [2.75, 3.05) is 25.0 Å². The minimum atomic E-state index is -0.194. The smallest absolute Gasteiger partial charge is 0.253 e. The number of hydrogen-bond acceptors (Lipinski definition) is 3. The van der Waals surface area contributed by atoms with E-state index in [4.69, 9.17) is 11.6 Å². The Kier molecular flexibility index (Phi) is 6.90. The lowest BCUT2D eigenvalue weighted by molar-refractivity contribution is -0.115. The van der Waals surface area contributed by atoms with Gasteiger partial charge in [0.15, 0.2) is 0 Å². The fraction of sp³-hybridized carbons (Fsp3) is 0.529. The molecule has 3 N–H and O–H groups in total. The maximum atomic E-state index is 12.3. The molecule has 7 heteroatoms. The molecule has 3 rings (SSSR count). The number of rotatable bonds is 8. The second kappa shape index (κ2) is 8.70. The van der Waals surface area contributed by atoms with E-state index in [1.54, 1.807) is 18.2 Å². The number of anilines is 1.